The number of methoxy groups -OCH3 is 2. The standard InChI is InChI=1S/C39H42Cl2N4O6/c1-48-33-12-11-27(20-35(33)49-2)34(21-30-31(40)22-42-23-32(30)41)50-18-15-43-38(46)28-9-6-10-29(19-28)44-37(26-7-4-3-5-8-26)39(47)51-36-24-45-16-13-25(36)14-17-45/h3-12,19-20,22-23,25,34,36-37,44H,13-18,21,24H2,1-2H3,(H,43,46)/t34-,36-,37?/m0/s1. The van der Waals surface area contributed by atoms with Gasteiger partial charge in [0.1, 0.15) is 6.10 Å². The van der Waals surface area contributed by atoms with Gasteiger partial charge in [0.15, 0.2) is 17.5 Å². The largest absolute Gasteiger partial charge is 0.493 e. The second kappa shape index (κ2) is 17.2. The molecule has 2 bridgehead atoms. The number of esters is 1. The van der Waals surface area contributed by atoms with E-state index in [0.717, 1.165) is 43.6 Å². The molecule has 3 fully saturated rings. The second-order valence-electron chi connectivity index (χ2n) is 12.7. The van der Waals surface area contributed by atoms with Crippen molar-refractivity contribution < 1.29 is 28.5 Å². The van der Waals surface area contributed by atoms with Gasteiger partial charge in [-0.3, -0.25) is 14.7 Å². The summed E-state index contributed by atoms with van der Waals surface area (Å²) >= 11 is 12.9. The number of hydrogen-bond donors (Lipinski definition) is 2. The van der Waals surface area contributed by atoms with Gasteiger partial charge in [0, 0.05) is 43.2 Å². The van der Waals surface area contributed by atoms with Crippen LogP contribution in [0.15, 0.2) is 85.2 Å². The zero-order valence-electron chi connectivity index (χ0n) is 28.6. The van der Waals surface area contributed by atoms with Gasteiger partial charge in [-0.25, -0.2) is 4.79 Å². The average Bonchev–Trinajstić information content (AvgIpc) is 3.16. The first-order valence-electron chi connectivity index (χ1n) is 17.1. The smallest absolute Gasteiger partial charge is 0.333 e. The SMILES string of the molecule is COc1ccc([C@H](Cc2c(Cl)cncc2Cl)OCCNC(=O)c2cccc(NC(C(=O)O[C@H]3CN4CCC3CC4)c3ccccc3)c2)cc1OC. The molecule has 2 N–H and O–H groups in total. The van der Waals surface area contributed by atoms with Gasteiger partial charge < -0.3 is 29.6 Å². The average molecular weight is 734 g/mol. The lowest BCUT2D eigenvalue weighted by atomic mass is 9.86. The molecule has 3 aliphatic heterocycles. The molecular formula is C39H42Cl2N4O6. The van der Waals surface area contributed by atoms with Crippen LogP contribution in [-0.4, -0.2) is 74.9 Å². The summed E-state index contributed by atoms with van der Waals surface area (Å²) in [6.07, 6.45) is 4.96. The van der Waals surface area contributed by atoms with Crippen LogP contribution in [0.4, 0.5) is 5.69 Å². The number of anilines is 1. The van der Waals surface area contributed by atoms with E-state index < -0.39 is 12.1 Å². The maximum atomic E-state index is 13.6. The van der Waals surface area contributed by atoms with E-state index in [9.17, 15) is 9.59 Å². The number of pyridine rings is 1. The number of halogens is 2. The molecule has 0 saturated carbocycles. The van der Waals surface area contributed by atoms with Crippen LogP contribution in [0.25, 0.3) is 0 Å². The number of nitrogens with zero attached hydrogens (tertiary/aromatic N) is 2. The van der Waals surface area contributed by atoms with Crippen LogP contribution >= 0.6 is 23.2 Å². The maximum absolute atomic E-state index is 13.6. The minimum absolute atomic E-state index is 0.114. The number of hydrogen-bond acceptors (Lipinski definition) is 9. The van der Waals surface area contributed by atoms with Gasteiger partial charge >= 0.3 is 5.97 Å². The predicted octanol–water partition coefficient (Wildman–Crippen LogP) is 6.93. The van der Waals surface area contributed by atoms with Crippen LogP contribution in [0.2, 0.25) is 10.0 Å². The summed E-state index contributed by atoms with van der Waals surface area (Å²) in [5, 5.41) is 7.14. The molecule has 3 saturated heterocycles. The Labute approximate surface area is 308 Å². The van der Waals surface area contributed by atoms with Gasteiger partial charge in [-0.15, -0.1) is 0 Å². The Hall–Kier alpha value is -4.35. The zero-order valence-corrected chi connectivity index (χ0v) is 30.2. The van der Waals surface area contributed by atoms with E-state index in [1.807, 2.05) is 54.6 Å². The van der Waals surface area contributed by atoms with Gasteiger partial charge in [-0.05, 0) is 78.9 Å². The van der Waals surface area contributed by atoms with Crippen LogP contribution in [-0.2, 0) is 20.7 Å². The fourth-order valence-corrected chi connectivity index (χ4v) is 7.23. The van der Waals surface area contributed by atoms with Crippen molar-refractivity contribution in [1.29, 1.82) is 0 Å². The first-order chi connectivity index (χ1) is 24.8. The number of fused-ring (bicyclic) bond motifs is 3. The molecule has 0 radical (unpaired) electrons. The second-order valence-corrected chi connectivity index (χ2v) is 13.5. The first kappa shape index (κ1) is 36.4. The minimum atomic E-state index is -0.732. The molecular weight excluding hydrogens is 691 g/mol. The molecule has 268 valence electrons. The van der Waals surface area contributed by atoms with Gasteiger partial charge in [-0.2, -0.15) is 0 Å². The highest BCUT2D eigenvalue weighted by atomic mass is 35.5. The van der Waals surface area contributed by atoms with Crippen molar-refractivity contribution >= 4 is 40.8 Å². The molecule has 7 rings (SSSR count). The first-order valence-corrected chi connectivity index (χ1v) is 17.8. The Kier molecular flexibility index (Phi) is 12.3. The van der Waals surface area contributed by atoms with Gasteiger partial charge in [0.25, 0.3) is 5.91 Å². The number of aromatic nitrogens is 1. The summed E-state index contributed by atoms with van der Waals surface area (Å²) in [5.41, 5.74) is 3.36. The number of piperidine rings is 3. The summed E-state index contributed by atoms with van der Waals surface area (Å²) in [4.78, 5) is 33.4. The highest BCUT2D eigenvalue weighted by Crippen LogP contribution is 2.35. The Bertz CT molecular complexity index is 1780. The summed E-state index contributed by atoms with van der Waals surface area (Å²) in [6.45, 7) is 3.33. The van der Waals surface area contributed by atoms with Crippen molar-refractivity contribution in [3.05, 3.63) is 117 Å². The van der Waals surface area contributed by atoms with Crippen molar-refractivity contribution in [1.82, 2.24) is 15.2 Å². The Morgan fingerprint density at radius 1 is 0.902 bits per heavy atom. The lowest BCUT2D eigenvalue weighted by Crippen LogP contribution is -2.52. The highest BCUT2D eigenvalue weighted by Gasteiger charge is 2.38. The fraction of sp³-hybridized carbons (Fsp3) is 0.359. The van der Waals surface area contributed by atoms with E-state index in [-0.39, 0.29) is 31.1 Å². The third-order valence-corrected chi connectivity index (χ3v) is 10.1. The molecule has 0 aliphatic carbocycles. The molecule has 3 aliphatic rings. The molecule has 1 unspecified atom stereocenters. The number of amides is 1. The van der Waals surface area contributed by atoms with Crippen LogP contribution in [0.5, 0.6) is 11.5 Å². The molecule has 1 aromatic heterocycles. The molecule has 12 heteroatoms. The summed E-state index contributed by atoms with van der Waals surface area (Å²) in [5.74, 6) is 0.928. The maximum Gasteiger partial charge on any atom is 0.333 e. The van der Waals surface area contributed by atoms with Gasteiger partial charge in [-0.1, -0.05) is 65.7 Å². The quantitative estimate of drug-likeness (QED) is 0.0994. The number of rotatable bonds is 15. The van der Waals surface area contributed by atoms with E-state index in [0.29, 0.717) is 50.7 Å². The van der Waals surface area contributed by atoms with Gasteiger partial charge in [0.05, 0.1) is 37.0 Å². The summed E-state index contributed by atoms with van der Waals surface area (Å²) in [7, 11) is 3.14. The van der Waals surface area contributed by atoms with Crippen LogP contribution in [0.1, 0.15) is 52.0 Å². The molecule has 10 nitrogen and oxygen atoms in total. The Morgan fingerprint density at radius 2 is 1.65 bits per heavy atom. The topological polar surface area (TPSA) is 111 Å². The zero-order chi connectivity index (χ0) is 35.7. The van der Waals surface area contributed by atoms with Crippen molar-refractivity contribution in [3.8, 4) is 11.5 Å². The highest BCUT2D eigenvalue weighted by molar-refractivity contribution is 6.35. The molecule has 1 amide bonds. The van der Waals surface area contributed by atoms with Crippen molar-refractivity contribution in [3.63, 3.8) is 0 Å². The lowest BCUT2D eigenvalue weighted by Gasteiger charge is -2.44. The molecule has 3 aromatic carbocycles. The molecule has 0 spiro atoms. The predicted molar refractivity (Wildman–Crippen MR) is 197 cm³/mol. The molecule has 3 atom stereocenters. The fourth-order valence-electron chi connectivity index (χ4n) is 6.71. The van der Waals surface area contributed by atoms with E-state index in [1.54, 1.807) is 44.8 Å². The van der Waals surface area contributed by atoms with E-state index in [4.69, 9.17) is 42.1 Å². The van der Waals surface area contributed by atoms with E-state index in [2.05, 4.69) is 20.5 Å². The number of carbonyl (C=O) groups is 2. The van der Waals surface area contributed by atoms with Crippen LogP contribution in [0.3, 0.4) is 0 Å². The van der Waals surface area contributed by atoms with Crippen LogP contribution in [0, 0.1) is 5.92 Å². The number of carbonyl (C=O) groups excluding carboxylic acids is 2. The van der Waals surface area contributed by atoms with E-state index in [1.165, 1.54) is 0 Å². The summed E-state index contributed by atoms with van der Waals surface area (Å²) in [6, 6.07) is 21.4. The van der Waals surface area contributed by atoms with Crippen molar-refractivity contribution in [2.75, 3.05) is 52.3 Å². The third kappa shape index (κ3) is 9.12. The number of ether oxygens (including phenoxy) is 4. The molecule has 51 heavy (non-hydrogen) atoms. The van der Waals surface area contributed by atoms with E-state index >= 15 is 0 Å². The summed E-state index contributed by atoms with van der Waals surface area (Å²) < 4.78 is 23.4. The normalized spacial score (nSPS) is 19.1. The molecule has 4 aromatic rings. The lowest BCUT2D eigenvalue weighted by molar-refractivity contribution is -0.159. The number of nitrogens with one attached hydrogen (secondary N) is 2. The van der Waals surface area contributed by atoms with Crippen LogP contribution < -0.4 is 20.1 Å². The Balaban J connectivity index is 1.10. The van der Waals surface area contributed by atoms with Crippen molar-refractivity contribution in [2.45, 2.75) is 37.5 Å². The van der Waals surface area contributed by atoms with Gasteiger partial charge in [0.2, 0.25) is 0 Å². The minimum Gasteiger partial charge on any atom is -0.493 e. The monoisotopic (exact) mass is 732 g/mol. The van der Waals surface area contributed by atoms with Crippen molar-refractivity contribution in [2.24, 2.45) is 5.92 Å². The Morgan fingerprint density at radius 3 is 2.33 bits per heavy atom. The molecule has 4 heterocycles. The number of benzene rings is 3. The third-order valence-electron chi connectivity index (χ3n) is 9.50.